The Kier molecular flexibility index (Phi) is 4.83. The first-order chi connectivity index (χ1) is 7.58. The van der Waals surface area contributed by atoms with Crippen molar-refractivity contribution in [3.63, 3.8) is 0 Å². The van der Waals surface area contributed by atoms with Crippen LogP contribution in [0.25, 0.3) is 0 Å². The van der Waals surface area contributed by atoms with Crippen LogP contribution in [0.5, 0.6) is 0 Å². The Hall–Kier alpha value is -1.51. The molecule has 3 heteroatoms. The molecule has 1 rings (SSSR count). The number of pyridine rings is 1. The minimum absolute atomic E-state index is 0.313. The first-order valence-corrected chi connectivity index (χ1v) is 5.59. The largest absolute Gasteiger partial charge is 0.290 e. The summed E-state index contributed by atoms with van der Waals surface area (Å²) in [7, 11) is 0. The monoisotopic (exact) mass is 217 g/mol. The molecule has 16 heavy (non-hydrogen) atoms. The van der Waals surface area contributed by atoms with Crippen LogP contribution in [0.15, 0.2) is 28.4 Å². The van der Waals surface area contributed by atoms with Gasteiger partial charge in [-0.15, -0.1) is 0 Å². The van der Waals surface area contributed by atoms with E-state index in [1.807, 2.05) is 46.2 Å². The van der Waals surface area contributed by atoms with Gasteiger partial charge in [0, 0.05) is 48.0 Å². The molecule has 1 aromatic heterocycles. The van der Waals surface area contributed by atoms with Crippen LogP contribution in [0.1, 0.15) is 38.8 Å². The highest BCUT2D eigenvalue weighted by Crippen LogP contribution is 2.00. The third kappa shape index (κ3) is 4.82. The molecule has 0 aromatic carbocycles. The normalized spacial score (nSPS) is 12.4. The van der Waals surface area contributed by atoms with E-state index < -0.39 is 0 Å². The Balaban J connectivity index is 2.79. The van der Waals surface area contributed by atoms with Gasteiger partial charge in [0.15, 0.2) is 0 Å². The van der Waals surface area contributed by atoms with Crippen LogP contribution in [0.4, 0.5) is 0 Å². The van der Waals surface area contributed by atoms with Crippen molar-refractivity contribution in [3.8, 4) is 0 Å². The standard InChI is InChI=1S/C13H19N3/c1-10(2)15-8-12-5-13(7-14-6-12)9-16-11(3)4/h5-11H,1-4H3. The molecule has 86 valence electrons. The summed E-state index contributed by atoms with van der Waals surface area (Å²) in [5, 5.41) is 0. The van der Waals surface area contributed by atoms with Crippen LogP contribution in [0.2, 0.25) is 0 Å². The zero-order valence-electron chi connectivity index (χ0n) is 10.4. The van der Waals surface area contributed by atoms with Gasteiger partial charge >= 0.3 is 0 Å². The van der Waals surface area contributed by atoms with Gasteiger partial charge in [0.25, 0.3) is 0 Å². The maximum absolute atomic E-state index is 4.32. The molecule has 0 N–H and O–H groups in total. The van der Waals surface area contributed by atoms with Gasteiger partial charge in [0.2, 0.25) is 0 Å². The van der Waals surface area contributed by atoms with Gasteiger partial charge in [-0.2, -0.15) is 0 Å². The van der Waals surface area contributed by atoms with Gasteiger partial charge in [-0.1, -0.05) is 0 Å². The third-order valence-electron chi connectivity index (χ3n) is 1.82. The van der Waals surface area contributed by atoms with Crippen LogP contribution in [-0.2, 0) is 0 Å². The average molecular weight is 217 g/mol. The number of aromatic nitrogens is 1. The first kappa shape index (κ1) is 12.6. The maximum atomic E-state index is 4.32. The van der Waals surface area contributed by atoms with Gasteiger partial charge in [-0.3, -0.25) is 15.0 Å². The predicted molar refractivity (Wildman–Crippen MR) is 69.7 cm³/mol. The van der Waals surface area contributed by atoms with Gasteiger partial charge in [-0.25, -0.2) is 0 Å². The number of hydrogen-bond donors (Lipinski definition) is 0. The van der Waals surface area contributed by atoms with Crippen LogP contribution in [-0.4, -0.2) is 29.5 Å². The summed E-state index contributed by atoms with van der Waals surface area (Å²) in [6.07, 6.45) is 7.31. The van der Waals surface area contributed by atoms with Crippen LogP contribution >= 0.6 is 0 Å². The molecule has 0 atom stereocenters. The molecule has 0 bridgehead atoms. The van der Waals surface area contributed by atoms with Gasteiger partial charge < -0.3 is 0 Å². The van der Waals surface area contributed by atoms with Crippen LogP contribution in [0.3, 0.4) is 0 Å². The molecule has 0 saturated heterocycles. The summed E-state index contributed by atoms with van der Waals surface area (Å²) >= 11 is 0. The number of nitrogens with zero attached hydrogens (tertiary/aromatic N) is 3. The SMILES string of the molecule is CC(C)N=Cc1cncc(C=NC(C)C)c1. The summed E-state index contributed by atoms with van der Waals surface area (Å²) in [5.74, 6) is 0. The molecule has 1 aromatic rings. The second-order valence-electron chi connectivity index (χ2n) is 4.30. The second-order valence-corrected chi connectivity index (χ2v) is 4.30. The molecule has 0 aliphatic heterocycles. The minimum atomic E-state index is 0.313. The molecule has 0 aliphatic rings. The van der Waals surface area contributed by atoms with Crippen LogP contribution in [0, 0.1) is 0 Å². The highest BCUT2D eigenvalue weighted by Gasteiger charge is 1.93. The van der Waals surface area contributed by atoms with Crippen molar-refractivity contribution in [3.05, 3.63) is 29.6 Å². The molecule has 0 amide bonds. The molecule has 0 saturated carbocycles. The lowest BCUT2D eigenvalue weighted by atomic mass is 10.2. The van der Waals surface area contributed by atoms with Crippen LogP contribution < -0.4 is 0 Å². The lowest BCUT2D eigenvalue weighted by Gasteiger charge is -1.98. The zero-order valence-corrected chi connectivity index (χ0v) is 10.4. The number of hydrogen-bond acceptors (Lipinski definition) is 3. The lowest BCUT2D eigenvalue weighted by Crippen LogP contribution is -1.94. The molecule has 0 spiro atoms. The van der Waals surface area contributed by atoms with Crippen molar-refractivity contribution in [2.45, 2.75) is 39.8 Å². The minimum Gasteiger partial charge on any atom is -0.290 e. The Labute approximate surface area is 97.4 Å². The Morgan fingerprint density at radius 2 is 1.38 bits per heavy atom. The molecule has 0 fully saturated rings. The van der Waals surface area contributed by atoms with E-state index in [0.29, 0.717) is 12.1 Å². The van der Waals surface area contributed by atoms with Gasteiger partial charge in [0.1, 0.15) is 0 Å². The van der Waals surface area contributed by atoms with Crippen molar-refractivity contribution in [1.82, 2.24) is 4.98 Å². The Bertz CT molecular complexity index is 345. The Morgan fingerprint density at radius 1 is 0.938 bits per heavy atom. The first-order valence-electron chi connectivity index (χ1n) is 5.59. The highest BCUT2D eigenvalue weighted by atomic mass is 14.8. The molecule has 0 radical (unpaired) electrons. The topological polar surface area (TPSA) is 37.6 Å². The highest BCUT2D eigenvalue weighted by molar-refractivity contribution is 5.85. The summed E-state index contributed by atoms with van der Waals surface area (Å²) in [5.41, 5.74) is 2.03. The number of aliphatic imine (C=N–C) groups is 2. The van der Waals surface area contributed by atoms with E-state index in [4.69, 9.17) is 0 Å². The van der Waals surface area contributed by atoms with Crippen molar-refractivity contribution in [2.75, 3.05) is 0 Å². The summed E-state index contributed by atoms with van der Waals surface area (Å²) in [4.78, 5) is 12.8. The average Bonchev–Trinajstić information content (AvgIpc) is 2.24. The van der Waals surface area contributed by atoms with Gasteiger partial charge in [0.05, 0.1) is 0 Å². The third-order valence-corrected chi connectivity index (χ3v) is 1.82. The molecular weight excluding hydrogens is 198 g/mol. The zero-order chi connectivity index (χ0) is 12.0. The van der Waals surface area contributed by atoms with Crippen molar-refractivity contribution < 1.29 is 0 Å². The van der Waals surface area contributed by atoms with Crippen molar-refractivity contribution >= 4 is 12.4 Å². The maximum Gasteiger partial charge on any atom is 0.0443 e. The van der Waals surface area contributed by atoms with E-state index in [1.54, 1.807) is 12.4 Å². The fourth-order valence-electron chi connectivity index (χ4n) is 1.09. The molecule has 3 nitrogen and oxygen atoms in total. The number of rotatable bonds is 4. The molecule has 1 heterocycles. The molecule has 0 unspecified atom stereocenters. The fraction of sp³-hybridized carbons (Fsp3) is 0.462. The van der Waals surface area contributed by atoms with E-state index in [2.05, 4.69) is 15.0 Å². The summed E-state index contributed by atoms with van der Waals surface area (Å²) in [6.45, 7) is 8.20. The van der Waals surface area contributed by atoms with Gasteiger partial charge in [-0.05, 0) is 33.8 Å². The summed E-state index contributed by atoms with van der Waals surface area (Å²) in [6, 6.07) is 2.66. The lowest BCUT2D eigenvalue weighted by molar-refractivity contribution is 0.840. The van der Waals surface area contributed by atoms with Crippen molar-refractivity contribution in [1.29, 1.82) is 0 Å². The smallest absolute Gasteiger partial charge is 0.0443 e. The van der Waals surface area contributed by atoms with E-state index in [0.717, 1.165) is 11.1 Å². The second kappa shape index (κ2) is 6.16. The summed E-state index contributed by atoms with van der Waals surface area (Å²) < 4.78 is 0. The predicted octanol–water partition coefficient (Wildman–Crippen LogP) is 2.74. The van der Waals surface area contributed by atoms with E-state index in [-0.39, 0.29) is 0 Å². The van der Waals surface area contributed by atoms with E-state index in [1.165, 1.54) is 0 Å². The fourth-order valence-corrected chi connectivity index (χ4v) is 1.09. The molecular formula is C13H19N3. The molecule has 0 aliphatic carbocycles. The van der Waals surface area contributed by atoms with E-state index >= 15 is 0 Å². The Morgan fingerprint density at radius 3 is 1.75 bits per heavy atom. The van der Waals surface area contributed by atoms with Crippen molar-refractivity contribution in [2.24, 2.45) is 9.98 Å². The quantitative estimate of drug-likeness (QED) is 0.714. The van der Waals surface area contributed by atoms with E-state index in [9.17, 15) is 0 Å².